The molecule has 0 fully saturated rings. The van der Waals surface area contributed by atoms with E-state index >= 15 is 0 Å². The smallest absolute Gasteiger partial charge is 0.220 e. The molecule has 0 aliphatic carbocycles. The lowest BCUT2D eigenvalue weighted by Crippen LogP contribution is -2.41. The van der Waals surface area contributed by atoms with Crippen LogP contribution in [0.4, 0.5) is 0 Å². The molecule has 0 aliphatic rings. The average Bonchev–Trinajstić information content (AvgIpc) is 2.28. The van der Waals surface area contributed by atoms with E-state index in [2.05, 4.69) is 35.8 Å². The first-order chi connectivity index (χ1) is 8.45. The highest BCUT2D eigenvalue weighted by Crippen LogP contribution is 2.21. The summed E-state index contributed by atoms with van der Waals surface area (Å²) < 4.78 is 0. The molecule has 0 saturated carbocycles. The zero-order valence-electron chi connectivity index (χ0n) is 12.2. The fraction of sp³-hybridized carbons (Fsp3) is 0.533. The summed E-state index contributed by atoms with van der Waals surface area (Å²) >= 11 is 0. The Balaban J connectivity index is 0.00000324. The van der Waals surface area contributed by atoms with Gasteiger partial charge >= 0.3 is 0 Å². The highest BCUT2D eigenvalue weighted by atomic mass is 35.5. The third-order valence-corrected chi connectivity index (χ3v) is 3.02. The molecule has 0 spiro atoms. The minimum absolute atomic E-state index is 0. The third kappa shape index (κ3) is 6.08. The molecule has 0 aromatic heterocycles. The van der Waals surface area contributed by atoms with Gasteiger partial charge in [0.25, 0.3) is 0 Å². The second-order valence-electron chi connectivity index (χ2n) is 5.25. The highest BCUT2D eigenvalue weighted by Gasteiger charge is 2.22. The van der Waals surface area contributed by atoms with Gasteiger partial charge in [0.1, 0.15) is 0 Å². The van der Waals surface area contributed by atoms with Crippen molar-refractivity contribution in [3.8, 4) is 0 Å². The number of halogens is 1. The fourth-order valence-electron chi connectivity index (χ4n) is 1.94. The quantitative estimate of drug-likeness (QED) is 0.789. The molecule has 0 radical (unpaired) electrons. The van der Waals surface area contributed by atoms with Crippen molar-refractivity contribution in [2.24, 2.45) is 0 Å². The van der Waals surface area contributed by atoms with Crippen LogP contribution in [-0.4, -0.2) is 19.5 Å². The first-order valence-electron chi connectivity index (χ1n) is 6.48. The van der Waals surface area contributed by atoms with Crippen molar-refractivity contribution in [1.82, 2.24) is 10.6 Å². The molecule has 2 N–H and O–H groups in total. The summed E-state index contributed by atoms with van der Waals surface area (Å²) in [6.07, 6.45) is 1.43. The van der Waals surface area contributed by atoms with E-state index in [0.717, 1.165) is 18.5 Å². The van der Waals surface area contributed by atoms with Crippen molar-refractivity contribution >= 4 is 18.3 Å². The largest absolute Gasteiger partial charge is 0.347 e. The molecule has 4 heteroatoms. The fourth-order valence-corrected chi connectivity index (χ4v) is 1.94. The lowest BCUT2D eigenvalue weighted by Gasteiger charge is -2.27. The Bertz CT molecular complexity index is 405. The predicted molar refractivity (Wildman–Crippen MR) is 82.8 cm³/mol. The molecule has 1 rings (SSSR count). The second kappa shape index (κ2) is 8.18. The Labute approximate surface area is 122 Å². The number of carbonyl (C=O) groups excluding carboxylic acids is 1. The van der Waals surface area contributed by atoms with E-state index in [1.165, 1.54) is 5.56 Å². The van der Waals surface area contributed by atoms with Crippen molar-refractivity contribution in [1.29, 1.82) is 0 Å². The number of aryl methyl sites for hydroxylation is 1. The Hall–Kier alpha value is -1.06. The summed E-state index contributed by atoms with van der Waals surface area (Å²) in [5.74, 6) is 0.108. The van der Waals surface area contributed by atoms with Gasteiger partial charge in [-0.2, -0.15) is 0 Å². The van der Waals surface area contributed by atoms with Gasteiger partial charge in [0, 0.05) is 6.42 Å². The number of benzene rings is 1. The molecule has 0 heterocycles. The van der Waals surface area contributed by atoms with E-state index < -0.39 is 0 Å². The van der Waals surface area contributed by atoms with Crippen LogP contribution in [-0.2, 0) is 10.3 Å². The Morgan fingerprint density at radius 3 is 2.58 bits per heavy atom. The van der Waals surface area contributed by atoms with Crippen LogP contribution < -0.4 is 10.6 Å². The van der Waals surface area contributed by atoms with Gasteiger partial charge in [-0.3, -0.25) is 4.79 Å². The van der Waals surface area contributed by atoms with Crippen LogP contribution in [0.25, 0.3) is 0 Å². The van der Waals surface area contributed by atoms with Crippen molar-refractivity contribution in [3.05, 3.63) is 35.4 Å². The average molecular weight is 285 g/mol. The summed E-state index contributed by atoms with van der Waals surface area (Å²) in [6.45, 7) is 7.02. The van der Waals surface area contributed by atoms with Crippen LogP contribution in [0.5, 0.6) is 0 Å². The normalized spacial score (nSPS) is 10.7. The molecular formula is C15H25ClN2O. The molecule has 1 amide bonds. The summed E-state index contributed by atoms with van der Waals surface area (Å²) in [6, 6.07) is 8.27. The van der Waals surface area contributed by atoms with Gasteiger partial charge in [-0.25, -0.2) is 0 Å². The number of hydrogen-bond donors (Lipinski definition) is 2. The van der Waals surface area contributed by atoms with Crippen LogP contribution in [0.3, 0.4) is 0 Å². The molecular weight excluding hydrogens is 260 g/mol. The number of hydrogen-bond acceptors (Lipinski definition) is 2. The molecule has 0 aliphatic heterocycles. The van der Waals surface area contributed by atoms with E-state index in [9.17, 15) is 4.79 Å². The summed E-state index contributed by atoms with van der Waals surface area (Å²) in [7, 11) is 1.90. The van der Waals surface area contributed by atoms with Gasteiger partial charge in [0.2, 0.25) is 5.91 Å². The van der Waals surface area contributed by atoms with Gasteiger partial charge in [-0.1, -0.05) is 29.8 Å². The molecule has 1 aromatic rings. The van der Waals surface area contributed by atoms with Crippen molar-refractivity contribution in [3.63, 3.8) is 0 Å². The van der Waals surface area contributed by atoms with Gasteiger partial charge in [0.15, 0.2) is 0 Å². The monoisotopic (exact) mass is 284 g/mol. The zero-order valence-corrected chi connectivity index (χ0v) is 13.1. The summed E-state index contributed by atoms with van der Waals surface area (Å²) in [5.41, 5.74) is 2.04. The standard InChI is InChI=1S/C15H24N2O.ClH/c1-12-7-5-8-13(11-12)15(2,3)17-14(18)9-6-10-16-4;/h5,7-8,11,16H,6,9-10H2,1-4H3,(H,17,18);1H. The number of rotatable bonds is 6. The van der Waals surface area contributed by atoms with Gasteiger partial charge in [0.05, 0.1) is 5.54 Å². The van der Waals surface area contributed by atoms with Crippen LogP contribution in [0, 0.1) is 6.92 Å². The van der Waals surface area contributed by atoms with E-state index in [1.807, 2.05) is 27.0 Å². The van der Waals surface area contributed by atoms with E-state index in [-0.39, 0.29) is 23.9 Å². The Morgan fingerprint density at radius 2 is 2.00 bits per heavy atom. The van der Waals surface area contributed by atoms with E-state index in [1.54, 1.807) is 0 Å². The zero-order chi connectivity index (χ0) is 13.6. The maximum atomic E-state index is 11.9. The van der Waals surface area contributed by atoms with Crippen molar-refractivity contribution < 1.29 is 4.79 Å². The van der Waals surface area contributed by atoms with Crippen LogP contribution in [0.15, 0.2) is 24.3 Å². The molecule has 0 atom stereocenters. The van der Waals surface area contributed by atoms with Crippen LogP contribution >= 0.6 is 12.4 Å². The van der Waals surface area contributed by atoms with E-state index in [4.69, 9.17) is 0 Å². The second-order valence-corrected chi connectivity index (χ2v) is 5.25. The molecule has 3 nitrogen and oxygen atoms in total. The Kier molecular flexibility index (Phi) is 7.72. The first kappa shape index (κ1) is 17.9. The van der Waals surface area contributed by atoms with Crippen LogP contribution in [0.2, 0.25) is 0 Å². The van der Waals surface area contributed by atoms with E-state index in [0.29, 0.717) is 6.42 Å². The number of amides is 1. The maximum Gasteiger partial charge on any atom is 0.220 e. The SMILES string of the molecule is CNCCCC(=O)NC(C)(C)c1cccc(C)c1.Cl. The lowest BCUT2D eigenvalue weighted by atomic mass is 9.93. The highest BCUT2D eigenvalue weighted by molar-refractivity contribution is 5.85. The van der Waals surface area contributed by atoms with Gasteiger partial charge in [-0.05, 0) is 46.3 Å². The predicted octanol–water partition coefficient (Wildman–Crippen LogP) is 2.77. The van der Waals surface area contributed by atoms with Gasteiger partial charge < -0.3 is 10.6 Å². The number of carbonyl (C=O) groups is 1. The Morgan fingerprint density at radius 1 is 1.32 bits per heavy atom. The molecule has 108 valence electrons. The summed E-state index contributed by atoms with van der Waals surface area (Å²) in [5, 5.41) is 6.14. The molecule has 19 heavy (non-hydrogen) atoms. The molecule has 0 bridgehead atoms. The van der Waals surface area contributed by atoms with Crippen LogP contribution in [0.1, 0.15) is 37.8 Å². The molecule has 0 unspecified atom stereocenters. The minimum atomic E-state index is -0.317. The van der Waals surface area contributed by atoms with Crippen molar-refractivity contribution in [2.75, 3.05) is 13.6 Å². The summed E-state index contributed by atoms with van der Waals surface area (Å²) in [4.78, 5) is 11.9. The third-order valence-electron chi connectivity index (χ3n) is 3.02. The maximum absolute atomic E-state index is 11.9. The number of nitrogens with one attached hydrogen (secondary N) is 2. The first-order valence-corrected chi connectivity index (χ1v) is 6.48. The van der Waals surface area contributed by atoms with Crippen molar-refractivity contribution in [2.45, 2.75) is 39.2 Å². The molecule has 1 aromatic carbocycles. The van der Waals surface area contributed by atoms with Gasteiger partial charge in [-0.15, -0.1) is 12.4 Å². The minimum Gasteiger partial charge on any atom is -0.347 e. The topological polar surface area (TPSA) is 41.1 Å². The lowest BCUT2D eigenvalue weighted by molar-refractivity contribution is -0.122. The molecule has 0 saturated heterocycles.